The molecule has 1 aromatic heterocycles. The number of aromatic nitrogens is 2. The molecule has 0 amide bonds. The zero-order valence-corrected chi connectivity index (χ0v) is 10.6. The topological polar surface area (TPSA) is 131 Å². The van der Waals surface area contributed by atoms with E-state index in [1.54, 1.807) is 6.92 Å². The van der Waals surface area contributed by atoms with E-state index in [0.29, 0.717) is 5.56 Å². The molecule has 1 aromatic rings. The van der Waals surface area contributed by atoms with Crippen molar-refractivity contribution in [1.82, 2.24) is 9.55 Å². The van der Waals surface area contributed by atoms with Gasteiger partial charge < -0.3 is 25.8 Å². The van der Waals surface area contributed by atoms with Crippen LogP contribution in [0.5, 0.6) is 0 Å². The van der Waals surface area contributed by atoms with Crippen molar-refractivity contribution in [3.05, 3.63) is 22.2 Å². The van der Waals surface area contributed by atoms with E-state index in [4.69, 9.17) is 15.6 Å². The molecule has 0 spiro atoms. The number of nitrogens with zero attached hydrogens (tertiary/aromatic N) is 2. The van der Waals surface area contributed by atoms with E-state index < -0.39 is 36.3 Å². The van der Waals surface area contributed by atoms with Gasteiger partial charge in [-0.05, 0) is 13.8 Å². The van der Waals surface area contributed by atoms with Gasteiger partial charge >= 0.3 is 5.69 Å². The van der Waals surface area contributed by atoms with E-state index in [2.05, 4.69) is 4.98 Å². The monoisotopic (exact) mass is 271 g/mol. The lowest BCUT2D eigenvalue weighted by Gasteiger charge is -2.29. The van der Waals surface area contributed by atoms with Crippen molar-refractivity contribution in [3.8, 4) is 0 Å². The molecule has 106 valence electrons. The normalized spacial score (nSPS) is 34.7. The predicted octanol–water partition coefficient (Wildman–Crippen LogP) is -2.08. The van der Waals surface area contributed by atoms with Crippen molar-refractivity contribution in [2.24, 2.45) is 0 Å². The Morgan fingerprint density at radius 2 is 2.21 bits per heavy atom. The Kier molecular flexibility index (Phi) is 3.35. The molecule has 2 rings (SSSR count). The lowest BCUT2D eigenvalue weighted by atomic mass is 10.0. The zero-order valence-electron chi connectivity index (χ0n) is 10.6. The second kappa shape index (κ2) is 4.57. The fourth-order valence-electron chi connectivity index (χ4n) is 2.19. The van der Waals surface area contributed by atoms with Crippen LogP contribution in [0.3, 0.4) is 0 Å². The maximum absolute atomic E-state index is 11.9. The summed E-state index contributed by atoms with van der Waals surface area (Å²) in [5.74, 6) is 0.0941. The molecule has 4 atom stereocenters. The summed E-state index contributed by atoms with van der Waals surface area (Å²) >= 11 is 0. The average Bonchev–Trinajstić information content (AvgIpc) is 2.59. The van der Waals surface area contributed by atoms with Gasteiger partial charge in [0, 0.05) is 11.8 Å². The summed E-state index contributed by atoms with van der Waals surface area (Å²) in [5, 5.41) is 28.9. The lowest BCUT2D eigenvalue weighted by Crippen LogP contribution is -2.48. The van der Waals surface area contributed by atoms with Crippen LogP contribution in [0, 0.1) is 6.92 Å². The van der Waals surface area contributed by atoms with Crippen LogP contribution in [0.2, 0.25) is 0 Å². The Hall–Kier alpha value is -1.48. The largest absolute Gasteiger partial charge is 0.394 e. The van der Waals surface area contributed by atoms with Gasteiger partial charge in [-0.15, -0.1) is 0 Å². The molecule has 8 nitrogen and oxygen atoms in total. The third-order valence-electron chi connectivity index (χ3n) is 3.45. The summed E-state index contributed by atoms with van der Waals surface area (Å²) in [6, 6.07) is 0. The summed E-state index contributed by atoms with van der Waals surface area (Å²) in [7, 11) is 0. The quantitative estimate of drug-likeness (QED) is 0.485. The average molecular weight is 271 g/mol. The first-order valence-electron chi connectivity index (χ1n) is 5.82. The highest BCUT2D eigenvalue weighted by molar-refractivity contribution is 5.35. The van der Waals surface area contributed by atoms with Gasteiger partial charge in [0.2, 0.25) is 0 Å². The SMILES string of the molecule is Cc1cn([C@]2(C)O[C@H](CO)[C@@H](O)[C@H]2O)c(=O)nc1N. The van der Waals surface area contributed by atoms with E-state index in [-0.39, 0.29) is 5.82 Å². The molecule has 5 N–H and O–H groups in total. The van der Waals surface area contributed by atoms with Gasteiger partial charge in [0.05, 0.1) is 6.61 Å². The Morgan fingerprint density at radius 1 is 1.58 bits per heavy atom. The van der Waals surface area contributed by atoms with Gasteiger partial charge in [-0.2, -0.15) is 4.98 Å². The molecule has 1 fully saturated rings. The number of hydrogen-bond acceptors (Lipinski definition) is 7. The number of nitrogens with two attached hydrogens (primary N) is 1. The highest BCUT2D eigenvalue weighted by Crippen LogP contribution is 2.34. The van der Waals surface area contributed by atoms with E-state index in [9.17, 15) is 15.0 Å². The van der Waals surface area contributed by atoms with Crippen LogP contribution < -0.4 is 11.4 Å². The summed E-state index contributed by atoms with van der Waals surface area (Å²) in [4.78, 5) is 15.5. The number of rotatable bonds is 2. The molecular formula is C11H17N3O5. The third-order valence-corrected chi connectivity index (χ3v) is 3.45. The van der Waals surface area contributed by atoms with Crippen LogP contribution >= 0.6 is 0 Å². The number of nitrogen functional groups attached to an aromatic ring is 1. The van der Waals surface area contributed by atoms with Crippen molar-refractivity contribution in [2.45, 2.75) is 37.9 Å². The van der Waals surface area contributed by atoms with E-state index >= 15 is 0 Å². The molecule has 1 saturated heterocycles. The number of aliphatic hydroxyl groups is 3. The minimum Gasteiger partial charge on any atom is -0.394 e. The molecule has 0 radical (unpaired) electrons. The molecule has 2 heterocycles. The Labute approximate surface area is 109 Å². The maximum atomic E-state index is 11.9. The summed E-state index contributed by atoms with van der Waals surface area (Å²) in [6.45, 7) is 2.63. The predicted molar refractivity (Wildman–Crippen MR) is 65.3 cm³/mol. The van der Waals surface area contributed by atoms with Crippen LogP contribution in [-0.2, 0) is 10.5 Å². The van der Waals surface area contributed by atoms with E-state index in [1.165, 1.54) is 13.1 Å². The Bertz CT molecular complexity index is 546. The first-order chi connectivity index (χ1) is 8.81. The number of aryl methyl sites for hydroxylation is 1. The molecule has 0 aliphatic carbocycles. The second-order valence-corrected chi connectivity index (χ2v) is 4.79. The van der Waals surface area contributed by atoms with Crippen molar-refractivity contribution in [2.75, 3.05) is 12.3 Å². The van der Waals surface area contributed by atoms with Crippen LogP contribution in [0.25, 0.3) is 0 Å². The molecule has 19 heavy (non-hydrogen) atoms. The van der Waals surface area contributed by atoms with Gasteiger partial charge in [-0.1, -0.05) is 0 Å². The second-order valence-electron chi connectivity index (χ2n) is 4.79. The molecule has 0 bridgehead atoms. The highest BCUT2D eigenvalue weighted by atomic mass is 16.6. The van der Waals surface area contributed by atoms with Gasteiger partial charge in [0.1, 0.15) is 24.1 Å². The van der Waals surface area contributed by atoms with E-state index in [1.807, 2.05) is 0 Å². The Morgan fingerprint density at radius 3 is 2.74 bits per heavy atom. The zero-order chi connectivity index (χ0) is 14.4. The van der Waals surface area contributed by atoms with Crippen molar-refractivity contribution in [1.29, 1.82) is 0 Å². The van der Waals surface area contributed by atoms with Gasteiger partial charge in [-0.25, -0.2) is 4.79 Å². The minimum absolute atomic E-state index is 0.0941. The smallest absolute Gasteiger partial charge is 0.351 e. The lowest BCUT2D eigenvalue weighted by molar-refractivity contribution is -0.137. The Balaban J connectivity index is 2.52. The number of hydrogen-bond donors (Lipinski definition) is 4. The number of ether oxygens (including phenoxy) is 1. The van der Waals surface area contributed by atoms with Crippen LogP contribution in [0.1, 0.15) is 12.5 Å². The molecule has 1 aliphatic heterocycles. The van der Waals surface area contributed by atoms with Gasteiger partial charge in [-0.3, -0.25) is 4.57 Å². The van der Waals surface area contributed by atoms with Crippen molar-refractivity contribution in [3.63, 3.8) is 0 Å². The maximum Gasteiger partial charge on any atom is 0.351 e. The minimum atomic E-state index is -1.50. The van der Waals surface area contributed by atoms with Crippen LogP contribution in [0.15, 0.2) is 11.0 Å². The van der Waals surface area contributed by atoms with Gasteiger partial charge in [0.15, 0.2) is 5.72 Å². The molecule has 0 aromatic carbocycles. The molecule has 1 aliphatic rings. The highest BCUT2D eigenvalue weighted by Gasteiger charge is 2.52. The fourth-order valence-corrected chi connectivity index (χ4v) is 2.19. The summed E-state index contributed by atoms with van der Waals surface area (Å²) in [6.07, 6.45) is -2.22. The molecule has 8 heteroatoms. The first-order valence-corrected chi connectivity index (χ1v) is 5.82. The number of anilines is 1. The molecule has 0 saturated carbocycles. The number of aliphatic hydroxyl groups excluding tert-OH is 3. The third kappa shape index (κ3) is 2.02. The van der Waals surface area contributed by atoms with E-state index in [0.717, 1.165) is 4.57 Å². The van der Waals surface area contributed by atoms with Crippen LogP contribution in [0.4, 0.5) is 5.82 Å². The molecular weight excluding hydrogens is 254 g/mol. The summed E-state index contributed by atoms with van der Waals surface area (Å²) < 4.78 is 6.49. The first kappa shape index (κ1) is 13.9. The summed E-state index contributed by atoms with van der Waals surface area (Å²) in [5.41, 5.74) is 3.87. The molecule has 0 unspecified atom stereocenters. The van der Waals surface area contributed by atoms with Gasteiger partial charge in [0.25, 0.3) is 0 Å². The fraction of sp³-hybridized carbons (Fsp3) is 0.636. The standard InChI is InChI=1S/C11H17N3O5/c1-5-3-14(10(18)13-9(5)12)11(2)8(17)7(16)6(4-15)19-11/h3,6-8,15-17H,4H2,1-2H3,(H2,12,13,18)/t6-,7-,8-,11-/m1/s1. The van der Waals surface area contributed by atoms with Crippen LogP contribution in [-0.4, -0.2) is 49.8 Å². The van der Waals surface area contributed by atoms with Crippen molar-refractivity contribution < 1.29 is 20.1 Å². The van der Waals surface area contributed by atoms with Crippen molar-refractivity contribution >= 4 is 5.82 Å².